The van der Waals surface area contributed by atoms with E-state index in [4.69, 9.17) is 10.5 Å². The van der Waals surface area contributed by atoms with Crippen LogP contribution in [0.1, 0.15) is 34.3 Å². The zero-order valence-electron chi connectivity index (χ0n) is 18.3. The fourth-order valence-corrected chi connectivity index (χ4v) is 7.61. The van der Waals surface area contributed by atoms with Gasteiger partial charge in [-0.15, -0.1) is 6.58 Å². The molecule has 0 bridgehead atoms. The van der Waals surface area contributed by atoms with Crippen molar-refractivity contribution in [1.29, 1.82) is 0 Å². The van der Waals surface area contributed by atoms with E-state index < -0.39 is 44.3 Å². The summed E-state index contributed by atoms with van der Waals surface area (Å²) < 4.78 is 75.0. The highest BCUT2D eigenvalue weighted by atomic mass is 32.2. The first kappa shape index (κ1) is 24.1. The number of allylic oxidation sites excluding steroid dienone is 1. The van der Waals surface area contributed by atoms with Gasteiger partial charge in [-0.2, -0.15) is 13.2 Å². The second-order valence-corrected chi connectivity index (χ2v) is 11.0. The number of carbonyl (C=O) groups is 1. The highest BCUT2D eigenvalue weighted by molar-refractivity contribution is 7.92. The van der Waals surface area contributed by atoms with Crippen molar-refractivity contribution in [2.45, 2.75) is 41.4 Å². The molecule has 34 heavy (non-hydrogen) atoms. The summed E-state index contributed by atoms with van der Waals surface area (Å²) in [5.41, 5.74) is 6.24. The average molecular weight is 495 g/mol. The molecular formula is C24H25F3N2O4S. The molecule has 1 aliphatic heterocycles. The third-order valence-electron chi connectivity index (χ3n) is 6.73. The van der Waals surface area contributed by atoms with Gasteiger partial charge < -0.3 is 15.8 Å². The molecule has 1 amide bonds. The van der Waals surface area contributed by atoms with Crippen molar-refractivity contribution in [1.82, 2.24) is 0 Å². The van der Waals surface area contributed by atoms with Crippen molar-refractivity contribution in [3.05, 3.63) is 71.8 Å². The van der Waals surface area contributed by atoms with Crippen LogP contribution in [0.5, 0.6) is 5.75 Å². The van der Waals surface area contributed by atoms with Crippen molar-refractivity contribution in [2.75, 3.05) is 18.5 Å². The lowest BCUT2D eigenvalue weighted by Crippen LogP contribution is -2.58. The Labute approximate surface area is 195 Å². The summed E-state index contributed by atoms with van der Waals surface area (Å²) in [5, 5.41) is -0.772. The lowest BCUT2D eigenvalue weighted by atomic mass is 9.70. The minimum absolute atomic E-state index is 0.00178. The first-order valence-electron chi connectivity index (χ1n) is 10.8. The van der Waals surface area contributed by atoms with E-state index in [-0.39, 0.29) is 25.1 Å². The van der Waals surface area contributed by atoms with Gasteiger partial charge in [-0.25, -0.2) is 8.42 Å². The molecule has 0 radical (unpaired) electrons. The van der Waals surface area contributed by atoms with Crippen molar-refractivity contribution >= 4 is 21.4 Å². The van der Waals surface area contributed by atoms with Crippen LogP contribution in [0.3, 0.4) is 0 Å². The Kier molecular flexibility index (Phi) is 6.14. The van der Waals surface area contributed by atoms with Crippen LogP contribution in [0.15, 0.2) is 55.1 Å². The zero-order chi connectivity index (χ0) is 24.7. The van der Waals surface area contributed by atoms with E-state index in [1.807, 2.05) is 12.1 Å². The predicted octanol–water partition coefficient (Wildman–Crippen LogP) is 3.76. The van der Waals surface area contributed by atoms with Crippen LogP contribution in [-0.2, 0) is 21.7 Å². The van der Waals surface area contributed by atoms with Crippen LogP contribution in [0.25, 0.3) is 0 Å². The smallest absolute Gasteiger partial charge is 0.405 e. The van der Waals surface area contributed by atoms with Crippen LogP contribution in [-0.4, -0.2) is 44.2 Å². The maximum absolute atomic E-state index is 13.9. The number of ether oxygens (including phenoxy) is 1. The van der Waals surface area contributed by atoms with Crippen LogP contribution in [0.2, 0.25) is 0 Å². The third kappa shape index (κ3) is 4.04. The van der Waals surface area contributed by atoms with E-state index in [0.717, 1.165) is 11.6 Å². The van der Waals surface area contributed by atoms with Crippen molar-refractivity contribution in [3.8, 4) is 5.75 Å². The second kappa shape index (κ2) is 8.65. The summed E-state index contributed by atoms with van der Waals surface area (Å²) in [5.74, 6) is -0.288. The molecule has 0 fully saturated rings. The molecule has 2 unspecified atom stereocenters. The monoisotopic (exact) mass is 494 g/mol. The Morgan fingerprint density at radius 3 is 2.71 bits per heavy atom. The number of sulfone groups is 1. The average Bonchev–Trinajstić information content (AvgIpc) is 2.97. The quantitative estimate of drug-likeness (QED) is 0.617. The number of hydrogen-bond acceptors (Lipinski definition) is 5. The van der Waals surface area contributed by atoms with Gasteiger partial charge in [0.05, 0.1) is 16.4 Å². The number of carbonyl (C=O) groups excluding carboxylic acids is 1. The molecule has 182 valence electrons. The fourth-order valence-electron chi connectivity index (χ4n) is 5.08. The van der Waals surface area contributed by atoms with Crippen LogP contribution >= 0.6 is 0 Å². The fraction of sp³-hybridized carbons (Fsp3) is 0.375. The SMILES string of the molecule is C=CC[C@H](C(F)(F)F)S(=O)(=O)C1CCc2ccccc2C12CNc1cc(C(N)=O)ccc1OC2. The molecule has 3 N–H and O–H groups in total. The van der Waals surface area contributed by atoms with Crippen LogP contribution < -0.4 is 15.8 Å². The van der Waals surface area contributed by atoms with Gasteiger partial charge in [0.15, 0.2) is 15.1 Å². The first-order valence-corrected chi connectivity index (χ1v) is 12.4. The number of halogens is 3. The molecule has 1 aliphatic carbocycles. The lowest BCUT2D eigenvalue weighted by molar-refractivity contribution is -0.129. The second-order valence-electron chi connectivity index (χ2n) is 8.70. The van der Waals surface area contributed by atoms with E-state index in [1.54, 1.807) is 12.1 Å². The Hall–Kier alpha value is -3.01. The van der Waals surface area contributed by atoms with Gasteiger partial charge in [-0.1, -0.05) is 30.3 Å². The molecule has 6 nitrogen and oxygen atoms in total. The number of hydrogen-bond donors (Lipinski definition) is 2. The van der Waals surface area contributed by atoms with E-state index >= 15 is 0 Å². The molecule has 10 heteroatoms. The van der Waals surface area contributed by atoms with Gasteiger partial charge in [0.1, 0.15) is 12.4 Å². The molecule has 4 rings (SSSR count). The molecule has 2 aromatic carbocycles. The third-order valence-corrected chi connectivity index (χ3v) is 9.46. The van der Waals surface area contributed by atoms with Gasteiger partial charge in [0.2, 0.25) is 5.91 Å². The largest absolute Gasteiger partial charge is 0.490 e. The molecule has 0 aromatic heterocycles. The number of primary amides is 1. The number of fused-ring (bicyclic) bond motifs is 3. The predicted molar refractivity (Wildman–Crippen MR) is 123 cm³/mol. The number of rotatable bonds is 5. The van der Waals surface area contributed by atoms with E-state index in [0.29, 0.717) is 23.4 Å². The Bertz CT molecular complexity index is 1230. The molecule has 1 spiro atoms. The van der Waals surface area contributed by atoms with Crippen molar-refractivity contribution in [2.24, 2.45) is 5.73 Å². The topological polar surface area (TPSA) is 98.5 Å². The summed E-state index contributed by atoms with van der Waals surface area (Å²) >= 11 is 0. The van der Waals surface area contributed by atoms with Gasteiger partial charge in [0.25, 0.3) is 0 Å². The van der Waals surface area contributed by atoms with Crippen molar-refractivity contribution in [3.63, 3.8) is 0 Å². The summed E-state index contributed by atoms with van der Waals surface area (Å²) in [6.07, 6.45) is -4.32. The zero-order valence-corrected chi connectivity index (χ0v) is 19.1. The highest BCUT2D eigenvalue weighted by Gasteiger charge is 2.58. The number of amides is 1. The van der Waals surface area contributed by atoms with Crippen LogP contribution in [0, 0.1) is 0 Å². The molecular weight excluding hydrogens is 469 g/mol. The number of benzene rings is 2. The summed E-state index contributed by atoms with van der Waals surface area (Å²) in [4.78, 5) is 11.6. The highest BCUT2D eigenvalue weighted by Crippen LogP contribution is 2.47. The summed E-state index contributed by atoms with van der Waals surface area (Å²) in [7, 11) is -4.71. The lowest BCUT2D eigenvalue weighted by Gasteiger charge is -2.45. The number of nitrogens with two attached hydrogens (primary N) is 1. The van der Waals surface area contributed by atoms with E-state index in [9.17, 15) is 26.4 Å². The van der Waals surface area contributed by atoms with E-state index in [2.05, 4.69) is 11.9 Å². The molecule has 2 aliphatic rings. The number of anilines is 1. The Morgan fingerprint density at radius 1 is 1.29 bits per heavy atom. The Balaban J connectivity index is 1.84. The standard InChI is InChI=1S/C24H25F3N2O4S/c1-2-5-21(24(25,26)27)34(31,32)20-11-9-15-6-3-4-7-17(15)23(20)13-29-18-12-16(22(28)30)8-10-19(18)33-14-23/h2-4,6-8,10,12,20-21,29H,1,5,9,11,13-14H2,(H2,28,30)/t20?,21-,23?/m1/s1. The van der Waals surface area contributed by atoms with Gasteiger partial charge >= 0.3 is 6.18 Å². The molecule has 1 heterocycles. The first-order chi connectivity index (χ1) is 16.0. The minimum Gasteiger partial charge on any atom is -0.490 e. The molecule has 2 aromatic rings. The maximum atomic E-state index is 13.9. The number of nitrogens with one attached hydrogen (secondary N) is 1. The van der Waals surface area contributed by atoms with Gasteiger partial charge in [-0.05, 0) is 48.6 Å². The number of aryl methyl sites for hydroxylation is 1. The number of alkyl halides is 3. The van der Waals surface area contributed by atoms with Crippen molar-refractivity contribution < 1.29 is 31.1 Å². The van der Waals surface area contributed by atoms with Crippen LogP contribution in [0.4, 0.5) is 18.9 Å². The maximum Gasteiger partial charge on any atom is 0.405 e. The molecule has 0 saturated carbocycles. The van der Waals surface area contributed by atoms with E-state index in [1.165, 1.54) is 18.2 Å². The summed E-state index contributed by atoms with van der Waals surface area (Å²) in [6.45, 7) is 3.19. The van der Waals surface area contributed by atoms with Gasteiger partial charge in [0, 0.05) is 12.1 Å². The molecule has 0 saturated heterocycles. The summed E-state index contributed by atoms with van der Waals surface area (Å²) in [6, 6.07) is 11.7. The molecule has 3 atom stereocenters. The minimum atomic E-state index is -4.94. The normalized spacial score (nSPS) is 23.0. The Morgan fingerprint density at radius 2 is 2.03 bits per heavy atom. The van der Waals surface area contributed by atoms with Gasteiger partial charge in [-0.3, -0.25) is 4.79 Å².